The Kier molecular flexibility index (Phi) is 6.15. The van der Waals surface area contributed by atoms with Gasteiger partial charge in [0.15, 0.2) is 5.78 Å². The number of amides is 1. The topological polar surface area (TPSA) is 93.1 Å². The van der Waals surface area contributed by atoms with Crippen LogP contribution in [0.4, 0.5) is 4.79 Å². The van der Waals surface area contributed by atoms with E-state index in [1.807, 2.05) is 0 Å². The van der Waals surface area contributed by atoms with Gasteiger partial charge >= 0.3 is 12.1 Å². The first-order chi connectivity index (χ1) is 9.00. The molecule has 0 saturated heterocycles. The first kappa shape index (κ1) is 18.4. The molecule has 0 saturated carbocycles. The van der Waals surface area contributed by atoms with E-state index in [4.69, 9.17) is 9.47 Å². The van der Waals surface area contributed by atoms with Gasteiger partial charge in [0.05, 0.1) is 6.61 Å². The maximum atomic E-state index is 12.0. The van der Waals surface area contributed by atoms with Crippen LogP contribution in [0.1, 0.15) is 48.0 Å². The molecule has 1 amide bonds. The second-order valence-electron chi connectivity index (χ2n) is 5.36. The van der Waals surface area contributed by atoms with Gasteiger partial charge in [0.1, 0.15) is 5.60 Å². The van der Waals surface area contributed by atoms with E-state index in [1.54, 1.807) is 27.7 Å². The Morgan fingerprint density at radius 1 is 1.10 bits per heavy atom. The number of rotatable bonds is 5. The zero-order valence-corrected chi connectivity index (χ0v) is 12.8. The van der Waals surface area contributed by atoms with Crippen LogP contribution in [-0.2, 0) is 19.1 Å². The maximum Gasteiger partial charge on any atom is 0.435 e. The third-order valence-corrected chi connectivity index (χ3v) is 2.53. The van der Waals surface area contributed by atoms with Gasteiger partial charge in [-0.15, -0.1) is 0 Å². The lowest BCUT2D eigenvalue weighted by Crippen LogP contribution is -2.60. The summed E-state index contributed by atoms with van der Waals surface area (Å²) in [6.07, 6.45) is -1.23. The molecular formula is C13H23NO6. The summed E-state index contributed by atoms with van der Waals surface area (Å²) in [7, 11) is 0. The molecule has 0 aliphatic heterocycles. The highest BCUT2D eigenvalue weighted by Gasteiger charge is 2.50. The number of ether oxygens (including phenoxy) is 2. The Labute approximate surface area is 118 Å². The van der Waals surface area contributed by atoms with Gasteiger partial charge in [-0.1, -0.05) is 6.92 Å². The van der Waals surface area contributed by atoms with Crippen molar-refractivity contribution in [1.29, 1.82) is 0 Å². The van der Waals surface area contributed by atoms with Crippen LogP contribution >= 0.6 is 0 Å². The second-order valence-corrected chi connectivity index (χ2v) is 5.36. The minimum atomic E-state index is -2.12. The Morgan fingerprint density at radius 2 is 1.60 bits per heavy atom. The summed E-state index contributed by atoms with van der Waals surface area (Å²) in [6, 6.07) is 0. The molecule has 0 rings (SSSR count). The Morgan fingerprint density at radius 3 is 1.95 bits per heavy atom. The molecule has 20 heavy (non-hydrogen) atoms. The fourth-order valence-electron chi connectivity index (χ4n) is 1.42. The molecule has 0 aromatic rings. The van der Waals surface area contributed by atoms with Crippen molar-refractivity contribution in [2.45, 2.75) is 59.1 Å². The molecule has 7 heteroatoms. The number of ketones is 1. The van der Waals surface area contributed by atoms with Crippen LogP contribution in [0.15, 0.2) is 0 Å². The first-order valence-electron chi connectivity index (χ1n) is 6.43. The molecule has 0 aliphatic carbocycles. The fraction of sp³-hybridized carbons (Fsp3) is 0.769. The van der Waals surface area contributed by atoms with Crippen LogP contribution in [0.2, 0.25) is 0 Å². The first-order valence-corrected chi connectivity index (χ1v) is 6.43. The van der Waals surface area contributed by atoms with Crippen molar-refractivity contribution in [3.05, 3.63) is 0 Å². The van der Waals surface area contributed by atoms with Crippen molar-refractivity contribution < 1.29 is 29.1 Å². The molecule has 1 N–H and O–H groups in total. The number of hydroxylamine groups is 2. The summed E-state index contributed by atoms with van der Waals surface area (Å²) in [4.78, 5) is 35.7. The molecule has 0 fully saturated rings. The molecule has 116 valence electrons. The average molecular weight is 289 g/mol. The summed E-state index contributed by atoms with van der Waals surface area (Å²) in [6.45, 7) is 9.02. The third-order valence-electron chi connectivity index (χ3n) is 2.53. The summed E-state index contributed by atoms with van der Waals surface area (Å²) in [5.74, 6) is -1.65. The molecule has 0 heterocycles. The highest BCUT2D eigenvalue weighted by Crippen LogP contribution is 2.21. The number of hydrogen-bond donors (Lipinski definition) is 1. The van der Waals surface area contributed by atoms with Crippen LogP contribution in [0, 0.1) is 0 Å². The smallest absolute Gasteiger partial charge is 0.435 e. The van der Waals surface area contributed by atoms with Gasteiger partial charge in [-0.05, 0) is 34.6 Å². The summed E-state index contributed by atoms with van der Waals surface area (Å²) < 4.78 is 9.71. The van der Waals surface area contributed by atoms with E-state index in [0.717, 1.165) is 6.92 Å². The molecule has 0 aromatic heterocycles. The van der Waals surface area contributed by atoms with Crippen molar-refractivity contribution in [3.8, 4) is 0 Å². The van der Waals surface area contributed by atoms with Crippen molar-refractivity contribution in [2.75, 3.05) is 6.61 Å². The zero-order valence-electron chi connectivity index (χ0n) is 12.8. The zero-order chi connectivity index (χ0) is 16.1. The predicted octanol–water partition coefficient (Wildman–Crippen LogP) is 1.91. The number of nitrogens with zero attached hydrogens (tertiary/aromatic N) is 1. The number of carbonyl (C=O) groups excluding carboxylic acids is 3. The summed E-state index contributed by atoms with van der Waals surface area (Å²) >= 11 is 0. The van der Waals surface area contributed by atoms with Crippen LogP contribution in [0.3, 0.4) is 0 Å². The molecule has 0 bridgehead atoms. The van der Waals surface area contributed by atoms with Gasteiger partial charge in [0.25, 0.3) is 0 Å². The van der Waals surface area contributed by atoms with E-state index < -0.39 is 29.0 Å². The van der Waals surface area contributed by atoms with Gasteiger partial charge in [0.2, 0.25) is 5.54 Å². The molecule has 0 radical (unpaired) electrons. The van der Waals surface area contributed by atoms with E-state index in [1.165, 1.54) is 6.92 Å². The Hall–Kier alpha value is -1.63. The van der Waals surface area contributed by atoms with Crippen molar-refractivity contribution in [3.63, 3.8) is 0 Å². The molecule has 0 spiro atoms. The normalized spacial score (nSPS) is 14.2. The highest BCUT2D eigenvalue weighted by molar-refractivity contribution is 6.09. The minimum Gasteiger partial charge on any atom is -0.464 e. The van der Waals surface area contributed by atoms with Gasteiger partial charge in [-0.2, -0.15) is 5.06 Å². The number of hydrogen-bond acceptors (Lipinski definition) is 6. The lowest BCUT2D eigenvalue weighted by molar-refractivity contribution is -0.191. The molecule has 1 unspecified atom stereocenters. The monoisotopic (exact) mass is 289 g/mol. The van der Waals surface area contributed by atoms with Gasteiger partial charge in [0, 0.05) is 6.42 Å². The minimum absolute atomic E-state index is 0.00206. The average Bonchev–Trinajstić information content (AvgIpc) is 2.33. The predicted molar refractivity (Wildman–Crippen MR) is 70.2 cm³/mol. The van der Waals surface area contributed by atoms with E-state index in [-0.39, 0.29) is 18.1 Å². The maximum absolute atomic E-state index is 12.0. The van der Waals surface area contributed by atoms with Crippen molar-refractivity contribution >= 4 is 17.8 Å². The Bertz CT molecular complexity index is 387. The standard InChI is InChI=1S/C13H23NO6/c1-7-9(15)13(6,10(16)19-8-2)14(18)11(17)20-12(3,4)5/h18H,7-8H2,1-6H3. The SMILES string of the molecule is CCOC(=O)C(C)(C(=O)CC)N(O)C(=O)OC(C)(C)C. The fourth-order valence-corrected chi connectivity index (χ4v) is 1.42. The van der Waals surface area contributed by atoms with Gasteiger partial charge in [-0.3, -0.25) is 10.0 Å². The molecular weight excluding hydrogens is 266 g/mol. The number of esters is 1. The number of Topliss-reactive ketones (excluding diaryl/α,β-unsaturated/α-hetero) is 1. The largest absolute Gasteiger partial charge is 0.464 e. The van der Waals surface area contributed by atoms with Crippen LogP contribution in [-0.4, -0.2) is 45.9 Å². The van der Waals surface area contributed by atoms with Crippen LogP contribution in [0.5, 0.6) is 0 Å². The summed E-state index contributed by atoms with van der Waals surface area (Å²) in [5, 5.41) is 9.94. The second kappa shape index (κ2) is 6.69. The molecule has 0 aliphatic rings. The number of carbonyl (C=O) groups is 3. The van der Waals surface area contributed by atoms with Crippen LogP contribution < -0.4 is 0 Å². The molecule has 7 nitrogen and oxygen atoms in total. The lowest BCUT2D eigenvalue weighted by Gasteiger charge is -2.33. The van der Waals surface area contributed by atoms with Crippen molar-refractivity contribution in [2.24, 2.45) is 0 Å². The highest BCUT2D eigenvalue weighted by atomic mass is 16.6. The van der Waals surface area contributed by atoms with E-state index in [9.17, 15) is 19.6 Å². The quantitative estimate of drug-likeness (QED) is 0.359. The van der Waals surface area contributed by atoms with Crippen molar-refractivity contribution in [1.82, 2.24) is 5.06 Å². The Balaban J connectivity index is 5.38. The van der Waals surface area contributed by atoms with E-state index in [2.05, 4.69) is 0 Å². The molecule has 1 atom stereocenters. The third kappa shape index (κ3) is 4.19. The lowest BCUT2D eigenvalue weighted by atomic mass is 9.94. The van der Waals surface area contributed by atoms with E-state index >= 15 is 0 Å². The van der Waals surface area contributed by atoms with E-state index in [0.29, 0.717) is 0 Å². The van der Waals surface area contributed by atoms with Gasteiger partial charge in [-0.25, -0.2) is 9.59 Å². The molecule has 0 aromatic carbocycles. The summed E-state index contributed by atoms with van der Waals surface area (Å²) in [5.41, 5.74) is -2.99. The van der Waals surface area contributed by atoms with Crippen LogP contribution in [0.25, 0.3) is 0 Å². The van der Waals surface area contributed by atoms with Gasteiger partial charge < -0.3 is 9.47 Å².